The molecule has 0 saturated heterocycles. The highest BCUT2D eigenvalue weighted by atomic mass is 32.2. The maximum Gasteiger partial charge on any atom is 0.269 e. The van der Waals surface area contributed by atoms with Gasteiger partial charge in [0.1, 0.15) is 5.69 Å². The van der Waals surface area contributed by atoms with E-state index >= 15 is 0 Å². The fourth-order valence-electron chi connectivity index (χ4n) is 1.27. The Morgan fingerprint density at radius 3 is 2.94 bits per heavy atom. The molecule has 1 aromatic heterocycles. The molecule has 0 saturated carbocycles. The van der Waals surface area contributed by atoms with Crippen molar-refractivity contribution in [2.45, 2.75) is 18.9 Å². The van der Waals surface area contributed by atoms with Crippen molar-refractivity contribution >= 4 is 17.7 Å². The highest BCUT2D eigenvalue weighted by Crippen LogP contribution is 2.11. The van der Waals surface area contributed by atoms with Gasteiger partial charge in [-0.3, -0.25) is 9.78 Å². The minimum Gasteiger partial charge on any atom is -0.388 e. The maximum atomic E-state index is 11.7. The van der Waals surface area contributed by atoms with Gasteiger partial charge in [-0.2, -0.15) is 11.8 Å². The highest BCUT2D eigenvalue weighted by Gasteiger charge is 2.21. The fourth-order valence-corrected chi connectivity index (χ4v) is 1.91. The summed E-state index contributed by atoms with van der Waals surface area (Å²) in [5, 5.41) is 12.7. The summed E-state index contributed by atoms with van der Waals surface area (Å²) >= 11 is 1.67. The number of rotatable bonds is 6. The van der Waals surface area contributed by atoms with Crippen molar-refractivity contribution in [3.63, 3.8) is 0 Å². The number of nitrogens with one attached hydrogen (secondary N) is 1. The van der Waals surface area contributed by atoms with Gasteiger partial charge in [-0.25, -0.2) is 0 Å². The molecule has 0 fully saturated rings. The van der Waals surface area contributed by atoms with Crippen molar-refractivity contribution in [1.82, 2.24) is 10.3 Å². The summed E-state index contributed by atoms with van der Waals surface area (Å²) in [6, 6.07) is 5.16. The van der Waals surface area contributed by atoms with Gasteiger partial charge in [-0.1, -0.05) is 6.07 Å². The quantitative estimate of drug-likeness (QED) is 0.803. The summed E-state index contributed by atoms with van der Waals surface area (Å²) in [6.07, 6.45) is 4.21. The van der Waals surface area contributed by atoms with Crippen LogP contribution >= 0.6 is 11.8 Å². The Kier molecular flexibility index (Phi) is 5.44. The number of pyridine rings is 1. The van der Waals surface area contributed by atoms with Crippen LogP contribution < -0.4 is 5.32 Å². The SMILES string of the molecule is CSCCC(C)(O)CNC(=O)c1ccccn1. The third kappa shape index (κ3) is 5.19. The Morgan fingerprint density at radius 2 is 2.35 bits per heavy atom. The first kappa shape index (κ1) is 14.0. The number of amides is 1. The zero-order chi connectivity index (χ0) is 12.7. The van der Waals surface area contributed by atoms with E-state index in [-0.39, 0.29) is 12.5 Å². The number of aromatic nitrogens is 1. The molecule has 0 aliphatic carbocycles. The monoisotopic (exact) mass is 254 g/mol. The first-order valence-corrected chi connectivity index (χ1v) is 6.85. The molecule has 94 valence electrons. The van der Waals surface area contributed by atoms with Gasteiger partial charge in [0, 0.05) is 12.7 Å². The second kappa shape index (κ2) is 6.61. The Labute approximate surface area is 106 Å². The van der Waals surface area contributed by atoms with Crippen LogP contribution in [-0.4, -0.2) is 40.2 Å². The van der Waals surface area contributed by atoms with Crippen LogP contribution in [0.4, 0.5) is 0 Å². The Balaban J connectivity index is 2.43. The first-order chi connectivity index (χ1) is 8.05. The molecule has 0 aromatic carbocycles. The lowest BCUT2D eigenvalue weighted by molar-refractivity contribution is 0.0527. The van der Waals surface area contributed by atoms with E-state index < -0.39 is 5.60 Å². The van der Waals surface area contributed by atoms with Gasteiger partial charge in [0.2, 0.25) is 0 Å². The molecule has 1 amide bonds. The molecule has 0 bridgehead atoms. The molecule has 5 heteroatoms. The number of carbonyl (C=O) groups is 1. The van der Waals surface area contributed by atoms with Gasteiger partial charge in [0.05, 0.1) is 5.60 Å². The van der Waals surface area contributed by atoms with E-state index in [1.807, 2.05) is 6.26 Å². The largest absolute Gasteiger partial charge is 0.388 e. The van der Waals surface area contributed by atoms with E-state index in [9.17, 15) is 9.90 Å². The Bertz CT molecular complexity index is 355. The second-order valence-electron chi connectivity index (χ2n) is 4.14. The summed E-state index contributed by atoms with van der Waals surface area (Å²) in [6.45, 7) is 1.96. The molecule has 1 atom stereocenters. The lowest BCUT2D eigenvalue weighted by Gasteiger charge is -2.23. The number of carbonyl (C=O) groups excluding carboxylic acids is 1. The van der Waals surface area contributed by atoms with E-state index in [1.54, 1.807) is 43.1 Å². The third-order valence-electron chi connectivity index (χ3n) is 2.37. The molecule has 4 nitrogen and oxygen atoms in total. The minimum absolute atomic E-state index is 0.239. The molecule has 17 heavy (non-hydrogen) atoms. The van der Waals surface area contributed by atoms with Gasteiger partial charge < -0.3 is 10.4 Å². The number of aliphatic hydroxyl groups is 1. The van der Waals surface area contributed by atoms with Crippen LogP contribution in [-0.2, 0) is 0 Å². The smallest absolute Gasteiger partial charge is 0.269 e. The average Bonchev–Trinajstić information content (AvgIpc) is 2.35. The van der Waals surface area contributed by atoms with E-state index in [0.29, 0.717) is 12.1 Å². The van der Waals surface area contributed by atoms with Crippen molar-refractivity contribution in [2.75, 3.05) is 18.6 Å². The van der Waals surface area contributed by atoms with Gasteiger partial charge in [0.15, 0.2) is 0 Å². The zero-order valence-electron chi connectivity index (χ0n) is 10.1. The molecule has 0 aliphatic heterocycles. The molecule has 1 aromatic rings. The minimum atomic E-state index is -0.868. The van der Waals surface area contributed by atoms with Gasteiger partial charge in [0.25, 0.3) is 5.91 Å². The third-order valence-corrected chi connectivity index (χ3v) is 2.98. The zero-order valence-corrected chi connectivity index (χ0v) is 11.0. The van der Waals surface area contributed by atoms with Crippen LogP contribution in [0.3, 0.4) is 0 Å². The Hall–Kier alpha value is -1.07. The maximum absolute atomic E-state index is 11.7. The average molecular weight is 254 g/mol. The van der Waals surface area contributed by atoms with Crippen molar-refractivity contribution < 1.29 is 9.90 Å². The van der Waals surface area contributed by atoms with E-state index in [2.05, 4.69) is 10.3 Å². The molecule has 0 aliphatic rings. The van der Waals surface area contributed by atoms with Crippen LogP contribution in [0.2, 0.25) is 0 Å². The predicted octanol–water partition coefficient (Wildman–Crippen LogP) is 1.32. The second-order valence-corrected chi connectivity index (χ2v) is 5.12. The predicted molar refractivity (Wildman–Crippen MR) is 70.2 cm³/mol. The molecule has 0 radical (unpaired) electrons. The van der Waals surface area contributed by atoms with Gasteiger partial charge in [-0.15, -0.1) is 0 Å². The first-order valence-electron chi connectivity index (χ1n) is 5.46. The van der Waals surface area contributed by atoms with Crippen LogP contribution in [0.5, 0.6) is 0 Å². The lowest BCUT2D eigenvalue weighted by atomic mass is 10.0. The van der Waals surface area contributed by atoms with Crippen molar-refractivity contribution in [3.8, 4) is 0 Å². The molecular weight excluding hydrogens is 236 g/mol. The summed E-state index contributed by atoms with van der Waals surface area (Å²) in [5.41, 5.74) is -0.499. The molecule has 1 rings (SSSR count). The van der Waals surface area contributed by atoms with Crippen LogP contribution in [0.15, 0.2) is 24.4 Å². The topological polar surface area (TPSA) is 62.2 Å². The number of hydrogen-bond acceptors (Lipinski definition) is 4. The van der Waals surface area contributed by atoms with Crippen LogP contribution in [0.25, 0.3) is 0 Å². The normalized spacial score (nSPS) is 14.1. The standard InChI is InChI=1S/C12H18N2O2S/c1-12(16,6-8-17-2)9-14-11(15)10-5-3-4-7-13-10/h3-5,7,16H,6,8-9H2,1-2H3,(H,14,15). The summed E-state index contributed by atoms with van der Waals surface area (Å²) in [4.78, 5) is 15.6. The molecule has 0 spiro atoms. The molecule has 1 heterocycles. The van der Waals surface area contributed by atoms with Crippen molar-refractivity contribution in [1.29, 1.82) is 0 Å². The molecular formula is C12H18N2O2S. The number of hydrogen-bond donors (Lipinski definition) is 2. The van der Waals surface area contributed by atoms with Crippen LogP contribution in [0.1, 0.15) is 23.8 Å². The van der Waals surface area contributed by atoms with Crippen molar-refractivity contribution in [3.05, 3.63) is 30.1 Å². The number of nitrogens with zero attached hydrogens (tertiary/aromatic N) is 1. The summed E-state index contributed by atoms with van der Waals surface area (Å²) in [5.74, 6) is 0.613. The van der Waals surface area contributed by atoms with Gasteiger partial charge >= 0.3 is 0 Å². The van der Waals surface area contributed by atoms with Crippen molar-refractivity contribution in [2.24, 2.45) is 0 Å². The summed E-state index contributed by atoms with van der Waals surface area (Å²) < 4.78 is 0. The Morgan fingerprint density at radius 1 is 1.59 bits per heavy atom. The van der Waals surface area contributed by atoms with Gasteiger partial charge in [-0.05, 0) is 37.5 Å². The summed E-state index contributed by atoms with van der Waals surface area (Å²) in [7, 11) is 0. The lowest BCUT2D eigenvalue weighted by Crippen LogP contribution is -2.41. The molecule has 2 N–H and O–H groups in total. The van der Waals surface area contributed by atoms with Crippen LogP contribution in [0, 0.1) is 0 Å². The highest BCUT2D eigenvalue weighted by molar-refractivity contribution is 7.98. The molecule has 1 unspecified atom stereocenters. The van der Waals surface area contributed by atoms with E-state index in [0.717, 1.165) is 5.75 Å². The van der Waals surface area contributed by atoms with E-state index in [4.69, 9.17) is 0 Å². The fraction of sp³-hybridized carbons (Fsp3) is 0.500. The van der Waals surface area contributed by atoms with E-state index in [1.165, 1.54) is 0 Å². The number of thioether (sulfide) groups is 1.